The normalized spacial score (nSPS) is 23.8. The highest BCUT2D eigenvalue weighted by Crippen LogP contribution is 2.39. The Balaban J connectivity index is 2.07. The van der Waals surface area contributed by atoms with E-state index in [1.165, 1.54) is 0 Å². The van der Waals surface area contributed by atoms with Crippen LogP contribution in [0.15, 0.2) is 30.3 Å². The van der Waals surface area contributed by atoms with E-state index >= 15 is 0 Å². The van der Waals surface area contributed by atoms with Gasteiger partial charge in [0.05, 0.1) is 6.04 Å². The van der Waals surface area contributed by atoms with Crippen molar-refractivity contribution in [2.24, 2.45) is 0 Å². The number of carbonyl (C=O) groups excluding carboxylic acids is 1. The zero-order valence-corrected chi connectivity index (χ0v) is 13.9. The molecule has 20 heavy (non-hydrogen) atoms. The van der Waals surface area contributed by atoms with Gasteiger partial charge in [0.2, 0.25) is 5.91 Å². The Labute approximate surface area is 122 Å². The van der Waals surface area contributed by atoms with Gasteiger partial charge >= 0.3 is 0 Å². The number of hydrogen-bond donors (Lipinski definition) is 1. The first-order valence-corrected chi connectivity index (χ1v) is 10.00. The van der Waals surface area contributed by atoms with Crippen molar-refractivity contribution in [3.63, 3.8) is 0 Å². The molecule has 1 fully saturated rings. The van der Waals surface area contributed by atoms with E-state index in [1.807, 2.05) is 36.8 Å². The van der Waals surface area contributed by atoms with Gasteiger partial charge in [0.25, 0.3) is 0 Å². The summed E-state index contributed by atoms with van der Waals surface area (Å²) in [6, 6.07) is 9.95. The lowest BCUT2D eigenvalue weighted by Gasteiger charge is -2.37. The van der Waals surface area contributed by atoms with Crippen LogP contribution in [-0.2, 0) is 9.22 Å². The van der Waals surface area contributed by atoms with Crippen LogP contribution in [0, 0.1) is 6.42 Å². The molecular formula is C16H24NO2Si. The maximum absolute atomic E-state index is 12.1. The Morgan fingerprint density at radius 2 is 1.75 bits per heavy atom. The van der Waals surface area contributed by atoms with Crippen molar-refractivity contribution in [2.75, 3.05) is 0 Å². The van der Waals surface area contributed by atoms with E-state index in [0.29, 0.717) is 0 Å². The van der Waals surface area contributed by atoms with E-state index in [2.05, 4.69) is 39.2 Å². The number of benzene rings is 1. The molecule has 1 aromatic rings. The second-order valence-corrected chi connectivity index (χ2v) is 11.6. The molecule has 1 aliphatic rings. The molecule has 1 radical (unpaired) electrons. The fourth-order valence-electron chi connectivity index (χ4n) is 1.99. The predicted molar refractivity (Wildman–Crippen MR) is 83.7 cm³/mol. The van der Waals surface area contributed by atoms with Crippen molar-refractivity contribution in [3.8, 4) is 0 Å². The van der Waals surface area contributed by atoms with Crippen LogP contribution in [0.5, 0.6) is 0 Å². The lowest BCUT2D eigenvalue weighted by molar-refractivity contribution is -0.124. The topological polar surface area (TPSA) is 38.3 Å². The van der Waals surface area contributed by atoms with Gasteiger partial charge in [0.15, 0.2) is 8.32 Å². The number of rotatable bonds is 3. The molecule has 1 aliphatic heterocycles. The Kier molecular flexibility index (Phi) is 4.07. The van der Waals surface area contributed by atoms with Crippen LogP contribution in [0.3, 0.4) is 0 Å². The smallest absolute Gasteiger partial charge is 0.248 e. The Morgan fingerprint density at radius 3 is 2.30 bits per heavy atom. The molecule has 3 nitrogen and oxygen atoms in total. The summed E-state index contributed by atoms with van der Waals surface area (Å²) in [5, 5.41) is 3.10. The van der Waals surface area contributed by atoms with E-state index in [-0.39, 0.29) is 17.0 Å². The largest absolute Gasteiger partial charge is 0.405 e. The van der Waals surface area contributed by atoms with Crippen LogP contribution in [0.4, 0.5) is 0 Å². The van der Waals surface area contributed by atoms with Crippen molar-refractivity contribution in [2.45, 2.75) is 51.0 Å². The summed E-state index contributed by atoms with van der Waals surface area (Å²) >= 11 is 0. The third kappa shape index (κ3) is 3.12. The highest BCUT2D eigenvalue weighted by atomic mass is 28.4. The molecule has 0 spiro atoms. The minimum Gasteiger partial charge on any atom is -0.405 e. The first-order valence-electron chi connectivity index (χ1n) is 7.09. The molecule has 2 atom stereocenters. The molecular weight excluding hydrogens is 266 g/mol. The molecule has 2 rings (SSSR count). The van der Waals surface area contributed by atoms with Gasteiger partial charge in [-0.25, -0.2) is 0 Å². The monoisotopic (exact) mass is 290 g/mol. The van der Waals surface area contributed by atoms with Crippen LogP contribution in [0.2, 0.25) is 18.1 Å². The summed E-state index contributed by atoms with van der Waals surface area (Å²) in [5.74, 6) is -0.0244. The molecule has 109 valence electrons. The molecule has 0 bridgehead atoms. The molecule has 0 saturated carbocycles. The van der Waals surface area contributed by atoms with Gasteiger partial charge in [-0.2, -0.15) is 0 Å². The molecule has 4 heteroatoms. The maximum Gasteiger partial charge on any atom is 0.248 e. The first-order chi connectivity index (χ1) is 9.21. The quantitative estimate of drug-likeness (QED) is 0.866. The fourth-order valence-corrected chi connectivity index (χ4v) is 3.16. The van der Waals surface area contributed by atoms with Gasteiger partial charge in [-0.1, -0.05) is 51.1 Å². The summed E-state index contributed by atoms with van der Waals surface area (Å²) < 4.78 is 6.20. The van der Waals surface area contributed by atoms with Crippen molar-refractivity contribution in [3.05, 3.63) is 42.3 Å². The van der Waals surface area contributed by atoms with Crippen molar-refractivity contribution < 1.29 is 9.22 Å². The summed E-state index contributed by atoms with van der Waals surface area (Å²) in [6.07, 6.45) is 1.55. The molecule has 1 saturated heterocycles. The first kappa shape index (κ1) is 15.3. The van der Waals surface area contributed by atoms with E-state index in [1.54, 1.807) is 0 Å². The SMILES string of the molecule is CC(C)(C)[Si](C)(C)O[C@@H]1[CH][C@@H](c2ccccc2)NC1=O. The summed E-state index contributed by atoms with van der Waals surface area (Å²) in [7, 11) is -1.93. The van der Waals surface area contributed by atoms with Crippen LogP contribution in [0.25, 0.3) is 0 Å². The number of carbonyl (C=O) groups is 1. The van der Waals surface area contributed by atoms with Crippen molar-refractivity contribution >= 4 is 14.2 Å². The molecule has 1 heterocycles. The minimum atomic E-state index is -1.93. The van der Waals surface area contributed by atoms with E-state index < -0.39 is 14.4 Å². The van der Waals surface area contributed by atoms with Crippen molar-refractivity contribution in [1.82, 2.24) is 5.32 Å². The summed E-state index contributed by atoms with van der Waals surface area (Å²) in [5.41, 5.74) is 1.10. The lowest BCUT2D eigenvalue weighted by atomic mass is 10.1. The summed E-state index contributed by atoms with van der Waals surface area (Å²) in [4.78, 5) is 12.1. The van der Waals surface area contributed by atoms with Crippen LogP contribution < -0.4 is 5.32 Å². The van der Waals surface area contributed by atoms with E-state index in [0.717, 1.165) is 5.56 Å². The van der Waals surface area contributed by atoms with Crippen LogP contribution >= 0.6 is 0 Å². The van der Waals surface area contributed by atoms with Gasteiger partial charge in [0.1, 0.15) is 6.10 Å². The molecule has 1 amide bonds. The predicted octanol–water partition coefficient (Wildman–Crippen LogP) is 3.45. The second-order valence-electron chi connectivity index (χ2n) is 6.89. The maximum atomic E-state index is 12.1. The van der Waals surface area contributed by atoms with Crippen LogP contribution in [-0.4, -0.2) is 20.3 Å². The number of nitrogens with one attached hydrogen (secondary N) is 1. The van der Waals surface area contributed by atoms with E-state index in [9.17, 15) is 4.79 Å². The standard InChI is InChI=1S/C16H24NO2Si/c1-16(2,3)20(4,5)19-14-11-13(17-15(14)18)12-9-7-6-8-10-12/h6-11,13-14H,1-5H3,(H,17,18)/t13-,14+/m0/s1. The Bertz CT molecular complexity index is 479. The molecule has 0 aliphatic carbocycles. The van der Waals surface area contributed by atoms with Gasteiger partial charge in [-0.05, 0) is 23.7 Å². The average molecular weight is 290 g/mol. The van der Waals surface area contributed by atoms with E-state index in [4.69, 9.17) is 4.43 Å². The third-order valence-corrected chi connectivity index (χ3v) is 8.77. The molecule has 1 aromatic carbocycles. The van der Waals surface area contributed by atoms with Crippen LogP contribution in [0.1, 0.15) is 32.4 Å². The Morgan fingerprint density at radius 1 is 1.15 bits per heavy atom. The van der Waals surface area contributed by atoms with Crippen molar-refractivity contribution in [1.29, 1.82) is 0 Å². The highest BCUT2D eigenvalue weighted by molar-refractivity contribution is 6.74. The number of amides is 1. The highest BCUT2D eigenvalue weighted by Gasteiger charge is 2.43. The van der Waals surface area contributed by atoms with Gasteiger partial charge in [-0.15, -0.1) is 0 Å². The average Bonchev–Trinajstić information content (AvgIpc) is 2.70. The third-order valence-electron chi connectivity index (χ3n) is 4.31. The van der Waals surface area contributed by atoms with Gasteiger partial charge in [-0.3, -0.25) is 4.79 Å². The van der Waals surface area contributed by atoms with Gasteiger partial charge in [0, 0.05) is 6.42 Å². The lowest BCUT2D eigenvalue weighted by Crippen LogP contribution is -2.45. The minimum absolute atomic E-state index is 0.0244. The molecule has 1 N–H and O–H groups in total. The Hall–Kier alpha value is -1.13. The fraction of sp³-hybridized carbons (Fsp3) is 0.500. The second kappa shape index (κ2) is 5.33. The molecule has 0 unspecified atom stereocenters. The number of hydrogen-bond acceptors (Lipinski definition) is 2. The molecule has 0 aromatic heterocycles. The van der Waals surface area contributed by atoms with Gasteiger partial charge < -0.3 is 9.74 Å². The zero-order valence-electron chi connectivity index (χ0n) is 12.9. The summed E-state index contributed by atoms with van der Waals surface area (Å²) in [6.45, 7) is 10.9. The zero-order chi connectivity index (χ0) is 15.0.